The Balaban J connectivity index is 4.45. The van der Waals surface area contributed by atoms with Crippen LogP contribution in [0.15, 0.2) is 122 Å². The largest absolute Gasteiger partial charge is 0.544 e. The molecule has 0 amide bonds. The van der Waals surface area contributed by atoms with Crippen LogP contribution in [-0.4, -0.2) is 75.5 Å². The van der Waals surface area contributed by atoms with E-state index in [0.717, 1.165) is 89.9 Å². The lowest BCUT2D eigenvalue weighted by Gasteiger charge is -2.34. The number of nitrogens with zero attached hydrogens (tertiary/aromatic N) is 1. The maximum Gasteiger partial charge on any atom is 0.306 e. The van der Waals surface area contributed by atoms with Crippen molar-refractivity contribution >= 4 is 17.9 Å². The molecule has 0 fully saturated rings. The van der Waals surface area contributed by atoms with Gasteiger partial charge >= 0.3 is 11.9 Å². The van der Waals surface area contributed by atoms with Crippen molar-refractivity contribution < 1.29 is 38.2 Å². The lowest BCUT2D eigenvalue weighted by Crippen LogP contribution is -2.55. The van der Waals surface area contributed by atoms with Crippen LogP contribution in [0.5, 0.6) is 0 Å². The van der Waals surface area contributed by atoms with Crippen LogP contribution in [0.3, 0.4) is 0 Å². The SMILES string of the molecule is CC/C=C/C/C=C/C/C=C/C/C=C/C/C=C/C/C=C/CCCCCCC(=O)OC(COCCC(C(=O)[O-])[N+](C)(C)C)COC(=O)CCC/C=C/C/C=C/C/C=C/C/C=C/CCCCC. The maximum atomic E-state index is 12.8. The molecule has 0 saturated heterocycles. The van der Waals surface area contributed by atoms with Crippen molar-refractivity contribution in [1.29, 1.82) is 0 Å². The number of hydrogen-bond acceptors (Lipinski definition) is 7. The first-order chi connectivity index (χ1) is 31.1. The molecule has 0 heterocycles. The third-order valence-electron chi connectivity index (χ3n) is 10.1. The Hall–Kier alpha value is -4.27. The van der Waals surface area contributed by atoms with E-state index in [1.807, 2.05) is 0 Å². The Morgan fingerprint density at radius 2 is 0.891 bits per heavy atom. The average molecular weight is 888 g/mol. The van der Waals surface area contributed by atoms with E-state index >= 15 is 0 Å². The minimum Gasteiger partial charge on any atom is -0.544 e. The van der Waals surface area contributed by atoms with Crippen LogP contribution in [0, 0.1) is 0 Å². The predicted octanol–water partition coefficient (Wildman–Crippen LogP) is 12.9. The number of allylic oxidation sites excluding steroid dienone is 20. The standard InChI is InChI=1S/C56H89NO7/c1-6-8-10-12-14-16-18-20-22-24-25-26-27-28-29-31-33-35-37-39-41-43-45-47-55(59)64-52(50-62-49-48-53(56(60)61)57(3,4)5)51-63-54(58)46-44-42-40-38-36-34-32-30-23-21-19-17-15-13-11-9-7-2/h8,10,14-17,20-23,25-26,28-29,32-35,38,40,52-53H,6-7,9,11-13,18-19,24,27,30-31,36-37,39,41-51H2,1-5H3/b10-8+,16-14+,17-15+,22-20+,23-21+,26-25+,29-28+,34-32+,35-33+,40-38+. The molecule has 0 aromatic rings. The fraction of sp³-hybridized carbons (Fsp3) is 0.589. The molecule has 0 aliphatic carbocycles. The highest BCUT2D eigenvalue weighted by molar-refractivity contribution is 5.70. The van der Waals surface area contributed by atoms with Gasteiger partial charge in [0.25, 0.3) is 0 Å². The monoisotopic (exact) mass is 888 g/mol. The van der Waals surface area contributed by atoms with E-state index in [4.69, 9.17) is 14.2 Å². The second-order valence-electron chi connectivity index (χ2n) is 17.0. The number of carbonyl (C=O) groups excluding carboxylic acids is 3. The van der Waals surface area contributed by atoms with E-state index in [9.17, 15) is 19.5 Å². The Labute approximate surface area is 391 Å². The summed E-state index contributed by atoms with van der Waals surface area (Å²) in [6.07, 6.45) is 63.7. The molecule has 0 bridgehead atoms. The number of rotatable bonds is 42. The van der Waals surface area contributed by atoms with Crippen LogP contribution < -0.4 is 5.11 Å². The van der Waals surface area contributed by atoms with Crippen LogP contribution in [0.1, 0.15) is 162 Å². The van der Waals surface area contributed by atoms with Gasteiger partial charge < -0.3 is 28.6 Å². The Morgan fingerprint density at radius 3 is 1.33 bits per heavy atom. The summed E-state index contributed by atoms with van der Waals surface area (Å²) in [5.74, 6) is -1.86. The Bertz CT molecular complexity index is 1450. The normalized spacial score (nSPS) is 14.0. The molecule has 8 heteroatoms. The summed E-state index contributed by atoms with van der Waals surface area (Å²) < 4.78 is 17.1. The highest BCUT2D eigenvalue weighted by atomic mass is 16.6. The molecule has 8 nitrogen and oxygen atoms in total. The van der Waals surface area contributed by atoms with Gasteiger partial charge in [-0.1, -0.05) is 161 Å². The summed E-state index contributed by atoms with van der Waals surface area (Å²) in [7, 11) is 5.37. The number of likely N-dealkylation sites (N-methyl/N-ethyl adjacent to an activating group) is 1. The highest BCUT2D eigenvalue weighted by Gasteiger charge is 2.25. The van der Waals surface area contributed by atoms with Crippen molar-refractivity contribution in [2.45, 2.75) is 174 Å². The van der Waals surface area contributed by atoms with Crippen molar-refractivity contribution in [3.63, 3.8) is 0 Å². The molecule has 2 unspecified atom stereocenters. The van der Waals surface area contributed by atoms with E-state index in [2.05, 4.69) is 135 Å². The topological polar surface area (TPSA) is 102 Å². The third kappa shape index (κ3) is 43.0. The van der Waals surface area contributed by atoms with Gasteiger partial charge in [-0.25, -0.2) is 0 Å². The fourth-order valence-electron chi connectivity index (χ4n) is 6.30. The molecule has 0 saturated carbocycles. The number of hydrogen-bond donors (Lipinski definition) is 0. The highest BCUT2D eigenvalue weighted by Crippen LogP contribution is 2.11. The van der Waals surface area contributed by atoms with Crippen LogP contribution in [0.2, 0.25) is 0 Å². The lowest BCUT2D eigenvalue weighted by molar-refractivity contribution is -0.889. The zero-order valence-corrected chi connectivity index (χ0v) is 40.9. The summed E-state index contributed by atoms with van der Waals surface area (Å²) in [6.45, 7) is 4.41. The molecule has 0 aliphatic rings. The molecule has 0 aromatic heterocycles. The van der Waals surface area contributed by atoms with Crippen molar-refractivity contribution in [3.8, 4) is 0 Å². The Kier molecular flexibility index (Phi) is 42.3. The minimum atomic E-state index is -1.14. The first-order valence-electron chi connectivity index (χ1n) is 24.6. The summed E-state index contributed by atoms with van der Waals surface area (Å²) in [6, 6.07) is -0.747. The van der Waals surface area contributed by atoms with Crippen LogP contribution in [0.25, 0.3) is 0 Å². The van der Waals surface area contributed by atoms with Crippen molar-refractivity contribution in [1.82, 2.24) is 0 Å². The molecule has 64 heavy (non-hydrogen) atoms. The van der Waals surface area contributed by atoms with Gasteiger partial charge in [-0.3, -0.25) is 9.59 Å². The van der Waals surface area contributed by atoms with Gasteiger partial charge in [-0.05, 0) is 103 Å². The molecule has 0 radical (unpaired) electrons. The summed E-state index contributed by atoms with van der Waals surface area (Å²) in [5, 5.41) is 11.7. The average Bonchev–Trinajstić information content (AvgIpc) is 3.26. The van der Waals surface area contributed by atoms with Crippen LogP contribution in [0.4, 0.5) is 0 Å². The molecular formula is C56H89NO7. The van der Waals surface area contributed by atoms with Crippen molar-refractivity contribution in [2.24, 2.45) is 0 Å². The van der Waals surface area contributed by atoms with Crippen molar-refractivity contribution in [2.75, 3.05) is 41.0 Å². The molecule has 0 aliphatic heterocycles. The first-order valence-corrected chi connectivity index (χ1v) is 24.6. The number of quaternary nitrogens is 1. The first kappa shape index (κ1) is 59.7. The number of unbranched alkanes of at least 4 members (excludes halogenated alkanes) is 8. The van der Waals surface area contributed by atoms with Crippen LogP contribution >= 0.6 is 0 Å². The number of aliphatic carboxylic acids is 1. The minimum absolute atomic E-state index is 0.00407. The van der Waals surface area contributed by atoms with Crippen LogP contribution in [-0.2, 0) is 28.6 Å². The van der Waals surface area contributed by atoms with Gasteiger partial charge in [0.2, 0.25) is 0 Å². The van der Waals surface area contributed by atoms with Gasteiger partial charge in [0.15, 0.2) is 6.10 Å². The molecule has 0 rings (SSSR count). The fourth-order valence-corrected chi connectivity index (χ4v) is 6.30. The maximum absolute atomic E-state index is 12.8. The molecule has 0 N–H and O–H groups in total. The molecule has 360 valence electrons. The number of esters is 2. The quantitative estimate of drug-likeness (QED) is 0.0260. The van der Waals surface area contributed by atoms with E-state index in [1.165, 1.54) is 25.7 Å². The zero-order chi connectivity index (χ0) is 47.0. The predicted molar refractivity (Wildman–Crippen MR) is 267 cm³/mol. The second-order valence-corrected chi connectivity index (χ2v) is 17.0. The number of ether oxygens (including phenoxy) is 3. The van der Waals surface area contributed by atoms with Crippen molar-refractivity contribution in [3.05, 3.63) is 122 Å². The van der Waals surface area contributed by atoms with E-state index in [0.29, 0.717) is 12.8 Å². The summed E-state index contributed by atoms with van der Waals surface area (Å²) >= 11 is 0. The van der Waals surface area contributed by atoms with Gasteiger partial charge in [0, 0.05) is 19.3 Å². The molecular weight excluding hydrogens is 799 g/mol. The Morgan fingerprint density at radius 1 is 0.484 bits per heavy atom. The van der Waals surface area contributed by atoms with Gasteiger partial charge in [-0.2, -0.15) is 0 Å². The third-order valence-corrected chi connectivity index (χ3v) is 10.1. The van der Waals surface area contributed by atoms with Gasteiger partial charge in [0.05, 0.1) is 40.3 Å². The zero-order valence-electron chi connectivity index (χ0n) is 40.9. The van der Waals surface area contributed by atoms with E-state index in [-0.39, 0.29) is 55.5 Å². The van der Waals surface area contributed by atoms with Gasteiger partial charge in [0.1, 0.15) is 12.6 Å². The summed E-state index contributed by atoms with van der Waals surface area (Å²) in [5.41, 5.74) is 0. The second kappa shape index (κ2) is 45.3. The molecule has 0 spiro atoms. The molecule has 2 atom stereocenters. The van der Waals surface area contributed by atoms with E-state index < -0.39 is 18.1 Å². The lowest BCUT2D eigenvalue weighted by atomic mass is 10.1. The number of carbonyl (C=O) groups is 3. The number of carboxylic acids is 1. The number of carboxylic acid groups (broad SMARTS) is 1. The van der Waals surface area contributed by atoms with Gasteiger partial charge in [-0.15, -0.1) is 0 Å². The van der Waals surface area contributed by atoms with E-state index in [1.54, 1.807) is 21.1 Å². The molecule has 0 aromatic carbocycles. The smallest absolute Gasteiger partial charge is 0.306 e. The summed E-state index contributed by atoms with van der Waals surface area (Å²) in [4.78, 5) is 37.0.